The van der Waals surface area contributed by atoms with Crippen LogP contribution in [0.15, 0.2) is 48.7 Å². The van der Waals surface area contributed by atoms with Gasteiger partial charge >= 0.3 is 6.18 Å². The van der Waals surface area contributed by atoms with Crippen molar-refractivity contribution in [3.8, 4) is 0 Å². The van der Waals surface area contributed by atoms with Crippen LogP contribution in [0, 0.1) is 0 Å². The first kappa shape index (κ1) is 23.9. The number of benzene rings is 1. The lowest BCUT2D eigenvalue weighted by Crippen LogP contribution is -2.40. The van der Waals surface area contributed by atoms with Gasteiger partial charge in [-0.2, -0.15) is 13.2 Å². The molecule has 34 heavy (non-hydrogen) atoms. The van der Waals surface area contributed by atoms with E-state index in [1.54, 1.807) is 24.3 Å². The molecule has 4 rings (SSSR count). The van der Waals surface area contributed by atoms with E-state index >= 15 is 0 Å². The molecule has 1 aliphatic carbocycles. The highest BCUT2D eigenvalue weighted by Crippen LogP contribution is 2.30. The van der Waals surface area contributed by atoms with Gasteiger partial charge in [-0.05, 0) is 62.1 Å². The molecule has 1 fully saturated rings. The number of imidazole rings is 1. The van der Waals surface area contributed by atoms with Crippen LogP contribution in [0.1, 0.15) is 41.7 Å². The average Bonchev–Trinajstić information content (AvgIpc) is 3.21. The molecule has 0 aliphatic heterocycles. The predicted octanol–water partition coefficient (Wildman–Crippen LogP) is 3.88. The van der Waals surface area contributed by atoms with Gasteiger partial charge in [0, 0.05) is 29.5 Å². The molecule has 1 aliphatic rings. The van der Waals surface area contributed by atoms with E-state index in [9.17, 15) is 26.4 Å². The Balaban J connectivity index is 1.32. The van der Waals surface area contributed by atoms with E-state index in [0.29, 0.717) is 29.9 Å². The number of amides is 1. The Morgan fingerprint density at radius 1 is 1.03 bits per heavy atom. The van der Waals surface area contributed by atoms with Crippen LogP contribution in [0.5, 0.6) is 0 Å². The summed E-state index contributed by atoms with van der Waals surface area (Å²) in [5.41, 5.74) is 0.0804. The molecule has 0 saturated heterocycles. The fourth-order valence-electron chi connectivity index (χ4n) is 4.03. The number of carbonyl (C=O) groups is 1. The predicted molar refractivity (Wildman–Crippen MR) is 122 cm³/mol. The van der Waals surface area contributed by atoms with E-state index in [1.807, 2.05) is 0 Å². The summed E-state index contributed by atoms with van der Waals surface area (Å²) < 4.78 is 65.4. The number of alkyl halides is 3. The van der Waals surface area contributed by atoms with Crippen molar-refractivity contribution in [2.24, 2.45) is 0 Å². The van der Waals surface area contributed by atoms with Crippen molar-refractivity contribution in [3.05, 3.63) is 59.9 Å². The van der Waals surface area contributed by atoms with Crippen molar-refractivity contribution in [2.75, 3.05) is 16.3 Å². The Morgan fingerprint density at radius 2 is 1.68 bits per heavy atom. The zero-order chi connectivity index (χ0) is 24.5. The summed E-state index contributed by atoms with van der Waals surface area (Å²) in [5.74, 6) is 0.293. The van der Waals surface area contributed by atoms with Crippen LogP contribution in [0.3, 0.4) is 0 Å². The van der Waals surface area contributed by atoms with Crippen molar-refractivity contribution in [3.63, 3.8) is 0 Å². The van der Waals surface area contributed by atoms with Crippen molar-refractivity contribution >= 4 is 33.1 Å². The molecule has 0 unspecified atom stereocenters. The minimum absolute atomic E-state index is 0.0276. The highest BCUT2D eigenvalue weighted by atomic mass is 32.2. The summed E-state index contributed by atoms with van der Waals surface area (Å²) in [4.78, 5) is 16.2. The fourth-order valence-corrected chi connectivity index (χ4v) is 4.59. The number of hydrogen-bond donors (Lipinski definition) is 3. The SMILES string of the molecule is CS(=O)(=O)Nc1ccc(C(=O)NC2CCC(Nc3cccc4nc(C(F)(F)F)cn34)CC2)cc1. The third-order valence-corrected chi connectivity index (χ3v) is 6.25. The number of fused-ring (bicyclic) bond motifs is 1. The number of hydrogen-bond acceptors (Lipinski definition) is 5. The number of anilines is 2. The molecule has 1 aromatic carbocycles. The molecule has 182 valence electrons. The van der Waals surface area contributed by atoms with Gasteiger partial charge in [0.05, 0.1) is 6.26 Å². The highest BCUT2D eigenvalue weighted by Gasteiger charge is 2.34. The third kappa shape index (κ3) is 5.79. The van der Waals surface area contributed by atoms with Crippen LogP contribution in [-0.2, 0) is 16.2 Å². The standard InChI is InChI=1S/C22H24F3N5O3S/c1-34(32,33)29-17-7-5-14(6-8-17)21(31)27-16-11-9-15(10-12-16)26-19-3-2-4-20-28-18(13-30(19)20)22(23,24)25/h2-8,13,15-16,26,29H,9-12H2,1H3,(H,27,31). The minimum Gasteiger partial charge on any atom is -0.368 e. The number of pyridine rings is 1. The molecule has 1 saturated carbocycles. The molecule has 0 bridgehead atoms. The summed E-state index contributed by atoms with van der Waals surface area (Å²) >= 11 is 0. The van der Waals surface area contributed by atoms with Gasteiger partial charge < -0.3 is 10.6 Å². The zero-order valence-electron chi connectivity index (χ0n) is 18.3. The number of nitrogens with one attached hydrogen (secondary N) is 3. The van der Waals surface area contributed by atoms with Gasteiger partial charge in [0.15, 0.2) is 5.69 Å². The van der Waals surface area contributed by atoms with Crippen LogP contribution < -0.4 is 15.4 Å². The van der Waals surface area contributed by atoms with E-state index in [2.05, 4.69) is 20.3 Å². The molecule has 0 atom stereocenters. The molecule has 3 aromatic rings. The van der Waals surface area contributed by atoms with Crippen molar-refractivity contribution in [1.82, 2.24) is 14.7 Å². The molecule has 2 heterocycles. The van der Waals surface area contributed by atoms with E-state index in [1.165, 1.54) is 22.6 Å². The smallest absolute Gasteiger partial charge is 0.368 e. The van der Waals surface area contributed by atoms with E-state index < -0.39 is 21.9 Å². The maximum Gasteiger partial charge on any atom is 0.434 e. The number of nitrogens with zero attached hydrogens (tertiary/aromatic N) is 2. The van der Waals surface area contributed by atoms with Crippen LogP contribution in [0.4, 0.5) is 24.7 Å². The molecule has 0 radical (unpaired) electrons. The Kier molecular flexibility index (Phi) is 6.43. The molecular weight excluding hydrogens is 471 g/mol. The Morgan fingerprint density at radius 3 is 2.29 bits per heavy atom. The fraction of sp³-hybridized carbons (Fsp3) is 0.364. The van der Waals surface area contributed by atoms with E-state index in [-0.39, 0.29) is 23.6 Å². The molecule has 3 N–H and O–H groups in total. The first-order chi connectivity index (χ1) is 16.0. The number of rotatable bonds is 6. The largest absolute Gasteiger partial charge is 0.434 e. The quantitative estimate of drug-likeness (QED) is 0.482. The van der Waals surface area contributed by atoms with Gasteiger partial charge in [-0.15, -0.1) is 0 Å². The summed E-state index contributed by atoms with van der Waals surface area (Å²) in [6.07, 6.45) is 0.424. The van der Waals surface area contributed by atoms with Gasteiger partial charge in [0.25, 0.3) is 5.91 Å². The van der Waals surface area contributed by atoms with Gasteiger partial charge in [0.2, 0.25) is 10.0 Å². The lowest BCUT2D eigenvalue weighted by atomic mass is 9.91. The zero-order valence-corrected chi connectivity index (χ0v) is 19.1. The topological polar surface area (TPSA) is 105 Å². The van der Waals surface area contributed by atoms with Crippen LogP contribution in [0.2, 0.25) is 0 Å². The van der Waals surface area contributed by atoms with Gasteiger partial charge in [-0.1, -0.05) is 6.07 Å². The van der Waals surface area contributed by atoms with Crippen LogP contribution in [0.25, 0.3) is 5.65 Å². The van der Waals surface area contributed by atoms with Gasteiger partial charge in [0.1, 0.15) is 11.5 Å². The molecule has 8 nitrogen and oxygen atoms in total. The lowest BCUT2D eigenvalue weighted by Gasteiger charge is -2.30. The van der Waals surface area contributed by atoms with Gasteiger partial charge in [-0.25, -0.2) is 13.4 Å². The molecule has 1 amide bonds. The second kappa shape index (κ2) is 9.16. The summed E-state index contributed by atoms with van der Waals surface area (Å²) in [7, 11) is -3.39. The lowest BCUT2D eigenvalue weighted by molar-refractivity contribution is -0.140. The highest BCUT2D eigenvalue weighted by molar-refractivity contribution is 7.92. The molecular formula is C22H24F3N5O3S. The van der Waals surface area contributed by atoms with E-state index in [4.69, 9.17) is 0 Å². The van der Waals surface area contributed by atoms with Crippen molar-refractivity contribution in [1.29, 1.82) is 0 Å². The second-order valence-corrected chi connectivity index (χ2v) is 10.1. The average molecular weight is 496 g/mol. The Labute approximate surface area is 194 Å². The minimum atomic E-state index is -4.51. The molecule has 0 spiro atoms. The monoisotopic (exact) mass is 495 g/mol. The Hall–Kier alpha value is -3.28. The van der Waals surface area contributed by atoms with E-state index in [0.717, 1.165) is 25.3 Å². The molecule has 12 heteroatoms. The first-order valence-corrected chi connectivity index (χ1v) is 12.6. The number of halogens is 3. The van der Waals surface area contributed by atoms with Crippen molar-refractivity contribution < 1.29 is 26.4 Å². The van der Waals surface area contributed by atoms with Gasteiger partial charge in [-0.3, -0.25) is 13.9 Å². The van der Waals surface area contributed by atoms with Crippen molar-refractivity contribution in [2.45, 2.75) is 43.9 Å². The second-order valence-electron chi connectivity index (χ2n) is 8.38. The maximum atomic E-state index is 13.0. The molecule has 2 aromatic heterocycles. The normalized spacial score (nSPS) is 19.1. The number of aromatic nitrogens is 2. The Bertz CT molecular complexity index is 1280. The first-order valence-electron chi connectivity index (χ1n) is 10.7. The summed E-state index contributed by atoms with van der Waals surface area (Å²) in [6.45, 7) is 0. The number of carbonyl (C=O) groups excluding carboxylic acids is 1. The van der Waals surface area contributed by atoms with Crippen LogP contribution in [-0.4, -0.2) is 42.0 Å². The number of sulfonamides is 1. The summed E-state index contributed by atoms with van der Waals surface area (Å²) in [6, 6.07) is 11.1. The summed E-state index contributed by atoms with van der Waals surface area (Å²) in [5, 5.41) is 6.30. The third-order valence-electron chi connectivity index (χ3n) is 5.65. The maximum absolute atomic E-state index is 13.0. The van der Waals surface area contributed by atoms with Crippen LogP contribution >= 0.6 is 0 Å².